The Kier molecular flexibility index (Phi) is 6.62. The largest absolute Gasteiger partial charge is 0.497 e. The van der Waals surface area contributed by atoms with Crippen LogP contribution in [-0.2, 0) is 6.61 Å². The fourth-order valence-corrected chi connectivity index (χ4v) is 4.17. The highest BCUT2D eigenvalue weighted by Crippen LogP contribution is 2.35. The molecule has 1 amide bonds. The van der Waals surface area contributed by atoms with E-state index in [1.54, 1.807) is 25.7 Å². The van der Waals surface area contributed by atoms with Crippen LogP contribution >= 0.6 is 22.7 Å². The van der Waals surface area contributed by atoms with E-state index in [4.69, 9.17) is 14.2 Å². The van der Waals surface area contributed by atoms with Crippen LogP contribution in [0.5, 0.6) is 17.2 Å². The normalized spacial score (nSPS) is 10.6. The highest BCUT2D eigenvalue weighted by Gasteiger charge is 2.16. The number of benzene rings is 2. The molecule has 0 fully saturated rings. The van der Waals surface area contributed by atoms with Gasteiger partial charge in [0.05, 0.1) is 19.9 Å². The number of aromatic nitrogens is 2. The van der Waals surface area contributed by atoms with Crippen molar-refractivity contribution >= 4 is 33.7 Å². The zero-order valence-corrected chi connectivity index (χ0v) is 18.8. The van der Waals surface area contributed by atoms with Gasteiger partial charge >= 0.3 is 0 Å². The lowest BCUT2D eigenvalue weighted by molar-refractivity contribution is 0.102. The van der Waals surface area contributed by atoms with Crippen LogP contribution < -0.4 is 19.5 Å². The molecule has 0 aliphatic heterocycles. The lowest BCUT2D eigenvalue weighted by Crippen LogP contribution is -2.12. The van der Waals surface area contributed by atoms with Crippen molar-refractivity contribution in [2.75, 3.05) is 19.5 Å². The number of ether oxygens (including phenoxy) is 3. The molecule has 164 valence electrons. The van der Waals surface area contributed by atoms with E-state index in [-0.39, 0.29) is 24.0 Å². The van der Waals surface area contributed by atoms with Crippen molar-refractivity contribution in [3.05, 3.63) is 69.7 Å². The molecule has 0 saturated carbocycles. The number of carbonyl (C=O) groups excluding carboxylic acids is 1. The van der Waals surface area contributed by atoms with Crippen molar-refractivity contribution in [1.82, 2.24) is 9.97 Å². The number of rotatable bonds is 8. The third-order valence-corrected chi connectivity index (χ3v) is 5.95. The molecule has 2 aromatic carbocycles. The maximum atomic E-state index is 13.0. The van der Waals surface area contributed by atoms with Crippen LogP contribution in [0.4, 0.5) is 9.52 Å². The average Bonchev–Trinajstić information content (AvgIpc) is 3.48. The second-order valence-electron chi connectivity index (χ2n) is 6.43. The van der Waals surface area contributed by atoms with E-state index in [1.165, 1.54) is 46.9 Å². The molecule has 0 unspecified atom stereocenters. The van der Waals surface area contributed by atoms with Crippen LogP contribution in [0.3, 0.4) is 0 Å². The van der Waals surface area contributed by atoms with Gasteiger partial charge < -0.3 is 14.2 Å². The molecule has 10 heteroatoms. The Labute approximate surface area is 191 Å². The summed E-state index contributed by atoms with van der Waals surface area (Å²) in [4.78, 5) is 21.4. The number of nitrogens with one attached hydrogen (secondary N) is 1. The Morgan fingerprint density at radius 1 is 1.00 bits per heavy atom. The predicted molar refractivity (Wildman–Crippen MR) is 121 cm³/mol. The van der Waals surface area contributed by atoms with Crippen LogP contribution in [0.25, 0.3) is 11.3 Å². The Morgan fingerprint density at radius 2 is 1.78 bits per heavy atom. The van der Waals surface area contributed by atoms with Crippen LogP contribution in [-0.4, -0.2) is 30.1 Å². The number of hydrogen-bond donors (Lipinski definition) is 1. The summed E-state index contributed by atoms with van der Waals surface area (Å²) in [6, 6.07) is 11.2. The van der Waals surface area contributed by atoms with Crippen molar-refractivity contribution < 1.29 is 23.4 Å². The number of anilines is 1. The van der Waals surface area contributed by atoms with E-state index in [1.807, 2.05) is 17.5 Å². The van der Waals surface area contributed by atoms with Gasteiger partial charge in [-0.1, -0.05) is 0 Å². The maximum Gasteiger partial charge on any atom is 0.276 e. The molecule has 0 bridgehead atoms. The summed E-state index contributed by atoms with van der Waals surface area (Å²) in [7, 11) is 3.16. The molecule has 4 aromatic rings. The molecule has 1 N–H and O–H groups in total. The van der Waals surface area contributed by atoms with E-state index in [2.05, 4.69) is 15.3 Å². The van der Waals surface area contributed by atoms with Gasteiger partial charge in [-0.2, -0.15) is 0 Å². The Bertz CT molecular complexity index is 1220. The van der Waals surface area contributed by atoms with Gasteiger partial charge in [-0.25, -0.2) is 14.4 Å². The zero-order chi connectivity index (χ0) is 22.5. The number of carbonyl (C=O) groups is 1. The molecule has 0 aliphatic carbocycles. The molecule has 0 saturated heterocycles. The van der Waals surface area contributed by atoms with Crippen molar-refractivity contribution in [3.63, 3.8) is 0 Å². The number of hydrogen-bond acceptors (Lipinski definition) is 8. The molecular formula is C22H18FN3O4S2. The molecule has 2 aromatic heterocycles. The van der Waals surface area contributed by atoms with Crippen LogP contribution in [0.2, 0.25) is 0 Å². The summed E-state index contributed by atoms with van der Waals surface area (Å²) in [5, 5.41) is 7.33. The fraction of sp³-hybridized carbons (Fsp3) is 0.136. The highest BCUT2D eigenvalue weighted by atomic mass is 32.1. The highest BCUT2D eigenvalue weighted by molar-refractivity contribution is 7.14. The van der Waals surface area contributed by atoms with E-state index < -0.39 is 0 Å². The minimum Gasteiger partial charge on any atom is -0.497 e. The summed E-state index contributed by atoms with van der Waals surface area (Å²) in [6.45, 7) is 0.183. The quantitative estimate of drug-likeness (QED) is 0.378. The summed E-state index contributed by atoms with van der Waals surface area (Å²) in [5.41, 5.74) is 1.74. The van der Waals surface area contributed by atoms with Gasteiger partial charge in [-0.15, -0.1) is 22.7 Å². The molecule has 7 nitrogen and oxygen atoms in total. The Hall–Kier alpha value is -3.50. The first-order valence-electron chi connectivity index (χ1n) is 9.38. The van der Waals surface area contributed by atoms with Crippen LogP contribution in [0.15, 0.2) is 53.2 Å². The first-order chi connectivity index (χ1) is 15.6. The molecule has 2 heterocycles. The smallest absolute Gasteiger partial charge is 0.276 e. The van der Waals surface area contributed by atoms with Crippen LogP contribution in [0.1, 0.15) is 15.5 Å². The first kappa shape index (κ1) is 21.7. The van der Waals surface area contributed by atoms with Crippen molar-refractivity contribution in [2.24, 2.45) is 0 Å². The summed E-state index contributed by atoms with van der Waals surface area (Å²) >= 11 is 2.61. The van der Waals surface area contributed by atoms with E-state index in [0.29, 0.717) is 33.1 Å². The topological polar surface area (TPSA) is 82.6 Å². The third kappa shape index (κ3) is 5.04. The van der Waals surface area contributed by atoms with Gasteiger partial charge in [-0.05, 0) is 36.4 Å². The van der Waals surface area contributed by atoms with Crippen molar-refractivity contribution in [3.8, 4) is 28.5 Å². The molecule has 32 heavy (non-hydrogen) atoms. The average molecular weight is 472 g/mol. The SMILES string of the molecule is COc1ccc(-c2csc(NC(=O)c3csc(COc4ccc(F)cc4)n3)n2)c(OC)c1. The lowest BCUT2D eigenvalue weighted by Gasteiger charge is -2.08. The second kappa shape index (κ2) is 9.75. The van der Waals surface area contributed by atoms with Crippen molar-refractivity contribution in [1.29, 1.82) is 0 Å². The maximum absolute atomic E-state index is 13.0. The fourth-order valence-electron chi connectivity index (χ4n) is 2.78. The van der Waals surface area contributed by atoms with Gasteiger partial charge in [0.1, 0.15) is 40.4 Å². The molecule has 0 aliphatic rings. The van der Waals surface area contributed by atoms with Crippen LogP contribution in [0, 0.1) is 5.82 Å². The van der Waals surface area contributed by atoms with Gasteiger partial charge in [0.2, 0.25) is 0 Å². The van der Waals surface area contributed by atoms with Gasteiger partial charge in [0, 0.05) is 22.4 Å². The number of halogens is 1. The number of thiazole rings is 2. The predicted octanol–water partition coefficient (Wildman–Crippen LogP) is 5.25. The summed E-state index contributed by atoms with van der Waals surface area (Å²) in [5.74, 6) is 1.13. The molecule has 0 spiro atoms. The lowest BCUT2D eigenvalue weighted by atomic mass is 10.1. The standard InChI is InChI=1S/C22H18FN3O4S2/c1-28-15-7-8-16(19(9-15)29-2)17-11-32-22(25-17)26-21(27)18-12-31-20(24-18)10-30-14-5-3-13(23)4-6-14/h3-9,11-12H,10H2,1-2H3,(H,25,26,27). The van der Waals surface area contributed by atoms with E-state index in [0.717, 1.165) is 5.56 Å². The molecule has 0 radical (unpaired) electrons. The van der Waals surface area contributed by atoms with Crippen molar-refractivity contribution in [2.45, 2.75) is 6.61 Å². The minimum atomic E-state index is -0.364. The molecule has 4 rings (SSSR count). The van der Waals surface area contributed by atoms with Gasteiger partial charge in [-0.3, -0.25) is 10.1 Å². The number of methoxy groups -OCH3 is 2. The van der Waals surface area contributed by atoms with E-state index >= 15 is 0 Å². The Balaban J connectivity index is 1.40. The van der Waals surface area contributed by atoms with E-state index in [9.17, 15) is 9.18 Å². The van der Waals surface area contributed by atoms with Gasteiger partial charge in [0.15, 0.2) is 5.13 Å². The summed E-state index contributed by atoms with van der Waals surface area (Å²) < 4.78 is 29.2. The number of amides is 1. The zero-order valence-electron chi connectivity index (χ0n) is 17.1. The Morgan fingerprint density at radius 3 is 2.53 bits per heavy atom. The van der Waals surface area contributed by atoms with Gasteiger partial charge in [0.25, 0.3) is 5.91 Å². The molecule has 0 atom stereocenters. The minimum absolute atomic E-state index is 0.183. The first-order valence-corrected chi connectivity index (χ1v) is 11.1. The summed E-state index contributed by atoms with van der Waals surface area (Å²) in [6.07, 6.45) is 0. The number of nitrogens with zero attached hydrogens (tertiary/aromatic N) is 2. The third-order valence-electron chi connectivity index (χ3n) is 4.37. The second-order valence-corrected chi connectivity index (χ2v) is 8.23. The monoisotopic (exact) mass is 471 g/mol. The molecular weight excluding hydrogens is 453 g/mol.